The number of carbonyl (C=O) groups excluding carboxylic acids is 2. The number of fused-ring (bicyclic) bond motifs is 1. The molecule has 7 nitrogen and oxygen atoms in total. The normalized spacial score (nSPS) is 12.5. The summed E-state index contributed by atoms with van der Waals surface area (Å²) in [5, 5.41) is 3.35. The number of ether oxygens (including phenoxy) is 2. The number of benzene rings is 1. The molecule has 158 valence electrons. The van der Waals surface area contributed by atoms with Crippen LogP contribution in [-0.4, -0.2) is 35.7 Å². The molecule has 1 N–H and O–H groups in total. The Morgan fingerprint density at radius 1 is 1.24 bits per heavy atom. The lowest BCUT2D eigenvalue weighted by molar-refractivity contribution is -0.136. The van der Waals surface area contributed by atoms with Crippen LogP contribution in [0.2, 0.25) is 0 Å². The van der Waals surface area contributed by atoms with Crippen LogP contribution in [0.3, 0.4) is 0 Å². The number of hydrogen-bond donors (Lipinski definition) is 1. The Bertz CT molecular complexity index is 960. The van der Waals surface area contributed by atoms with Gasteiger partial charge in [-0.15, -0.1) is 0 Å². The number of nitrogens with one attached hydrogen (secondary N) is 1. The Balaban J connectivity index is 2.25. The van der Waals surface area contributed by atoms with E-state index in [2.05, 4.69) is 5.32 Å². The molecular weight excluding hydrogens is 394 g/mol. The van der Waals surface area contributed by atoms with Crippen molar-refractivity contribution in [3.8, 4) is 5.75 Å². The highest BCUT2D eigenvalue weighted by molar-refractivity contribution is 7.98. The molecule has 2 rings (SSSR count). The predicted molar refractivity (Wildman–Crippen MR) is 114 cm³/mol. The Labute approximate surface area is 174 Å². The lowest BCUT2D eigenvalue weighted by atomic mass is 10.1. The Morgan fingerprint density at radius 2 is 1.93 bits per heavy atom. The third kappa shape index (κ3) is 6.25. The average Bonchev–Trinajstić information content (AvgIpc) is 2.59. The molecule has 2 aromatic rings. The monoisotopic (exact) mass is 421 g/mol. The zero-order valence-electron chi connectivity index (χ0n) is 17.6. The molecule has 0 spiro atoms. The molecule has 0 aliphatic carbocycles. The maximum atomic E-state index is 12.7. The first-order valence-electron chi connectivity index (χ1n) is 9.26. The first kappa shape index (κ1) is 22.8. The van der Waals surface area contributed by atoms with E-state index >= 15 is 0 Å². The standard InChI is InChI=1S/C21H27NO6S/c1-12-11-17(23)27-18-13(2)16(8-7-14(12)18)26-19(24)15(9-10-29-6)22-20(25)28-21(3,4)5/h7-8,11,15H,9-10H2,1-6H3,(H,22,25)/t15-/m1/s1. The Morgan fingerprint density at radius 3 is 2.55 bits per heavy atom. The van der Waals surface area contributed by atoms with Crippen molar-refractivity contribution in [1.82, 2.24) is 5.32 Å². The van der Waals surface area contributed by atoms with E-state index < -0.39 is 29.3 Å². The fraction of sp³-hybridized carbons (Fsp3) is 0.476. The first-order valence-corrected chi connectivity index (χ1v) is 10.7. The van der Waals surface area contributed by atoms with Gasteiger partial charge in [-0.3, -0.25) is 0 Å². The number of thioether (sulfide) groups is 1. The minimum absolute atomic E-state index is 0.274. The van der Waals surface area contributed by atoms with E-state index in [4.69, 9.17) is 13.9 Å². The van der Waals surface area contributed by atoms with Gasteiger partial charge in [0.15, 0.2) is 0 Å². The van der Waals surface area contributed by atoms with Gasteiger partial charge in [-0.1, -0.05) is 0 Å². The lowest BCUT2D eigenvalue weighted by Gasteiger charge is -2.23. The molecule has 0 saturated heterocycles. The molecule has 1 aromatic heterocycles. The van der Waals surface area contributed by atoms with Crippen LogP contribution in [0.5, 0.6) is 5.75 Å². The molecule has 1 atom stereocenters. The van der Waals surface area contributed by atoms with E-state index in [0.717, 1.165) is 10.9 Å². The highest BCUT2D eigenvalue weighted by Gasteiger charge is 2.26. The second-order valence-electron chi connectivity index (χ2n) is 7.72. The summed E-state index contributed by atoms with van der Waals surface area (Å²) >= 11 is 1.55. The van der Waals surface area contributed by atoms with Gasteiger partial charge in [0, 0.05) is 17.0 Å². The molecule has 8 heteroatoms. The number of alkyl carbamates (subject to hydrolysis) is 1. The van der Waals surface area contributed by atoms with Gasteiger partial charge in [0.25, 0.3) is 0 Å². The summed E-state index contributed by atoms with van der Waals surface area (Å²) in [6.07, 6.45) is 1.62. The van der Waals surface area contributed by atoms with Gasteiger partial charge in [-0.25, -0.2) is 14.4 Å². The van der Waals surface area contributed by atoms with Crippen LogP contribution in [0.1, 0.15) is 38.3 Å². The van der Waals surface area contributed by atoms with E-state index in [1.807, 2.05) is 13.2 Å². The van der Waals surface area contributed by atoms with Gasteiger partial charge in [0.1, 0.15) is 23.0 Å². The molecule has 0 saturated carbocycles. The van der Waals surface area contributed by atoms with Crippen LogP contribution in [0.25, 0.3) is 11.0 Å². The van der Waals surface area contributed by atoms with Gasteiger partial charge in [0.2, 0.25) is 0 Å². The van der Waals surface area contributed by atoms with Gasteiger partial charge in [-0.05, 0) is 70.7 Å². The zero-order chi connectivity index (χ0) is 21.8. The molecule has 0 aliphatic heterocycles. The number of carbonyl (C=O) groups is 2. The number of amides is 1. The van der Waals surface area contributed by atoms with Crippen LogP contribution in [0.15, 0.2) is 27.4 Å². The molecule has 0 aliphatic rings. The summed E-state index contributed by atoms with van der Waals surface area (Å²) in [6.45, 7) is 8.76. The van der Waals surface area contributed by atoms with E-state index in [9.17, 15) is 14.4 Å². The summed E-state index contributed by atoms with van der Waals surface area (Å²) in [4.78, 5) is 36.6. The maximum Gasteiger partial charge on any atom is 0.408 e. The van der Waals surface area contributed by atoms with Crippen LogP contribution in [0, 0.1) is 13.8 Å². The van der Waals surface area contributed by atoms with Crippen molar-refractivity contribution >= 4 is 34.8 Å². The fourth-order valence-corrected chi connectivity index (χ4v) is 3.20. The SMILES string of the molecule is CSCC[C@@H](NC(=O)OC(C)(C)C)C(=O)Oc1ccc2c(C)cc(=O)oc2c1C. The predicted octanol–water partition coefficient (Wildman–Crippen LogP) is 3.96. The molecule has 1 heterocycles. The first-order chi connectivity index (χ1) is 13.5. The van der Waals surface area contributed by atoms with E-state index in [1.54, 1.807) is 51.6 Å². The molecule has 0 unspecified atom stereocenters. The van der Waals surface area contributed by atoms with E-state index in [0.29, 0.717) is 23.3 Å². The fourth-order valence-electron chi connectivity index (χ4n) is 2.72. The Hall–Kier alpha value is -2.48. The molecule has 0 fully saturated rings. The van der Waals surface area contributed by atoms with Gasteiger partial charge in [0.05, 0.1) is 0 Å². The second-order valence-corrected chi connectivity index (χ2v) is 8.70. The van der Waals surface area contributed by atoms with Gasteiger partial charge in [-0.2, -0.15) is 11.8 Å². The second kappa shape index (κ2) is 9.35. The number of rotatable bonds is 6. The summed E-state index contributed by atoms with van der Waals surface area (Å²) in [5.74, 6) is 0.319. The van der Waals surface area contributed by atoms with Crippen LogP contribution in [-0.2, 0) is 9.53 Å². The van der Waals surface area contributed by atoms with Crippen molar-refractivity contribution in [3.05, 3.63) is 39.7 Å². The third-order valence-corrected chi connectivity index (χ3v) is 4.76. The molecule has 1 aromatic carbocycles. The topological polar surface area (TPSA) is 94.8 Å². The van der Waals surface area contributed by atoms with Crippen molar-refractivity contribution in [2.24, 2.45) is 0 Å². The van der Waals surface area contributed by atoms with Gasteiger partial charge < -0.3 is 19.2 Å². The number of hydrogen-bond acceptors (Lipinski definition) is 7. The average molecular weight is 422 g/mol. The minimum atomic E-state index is -0.864. The van der Waals surface area contributed by atoms with Gasteiger partial charge >= 0.3 is 17.7 Å². The molecule has 0 radical (unpaired) electrons. The smallest absolute Gasteiger partial charge is 0.408 e. The van der Waals surface area contributed by atoms with Crippen LogP contribution in [0.4, 0.5) is 4.79 Å². The van der Waals surface area contributed by atoms with Crippen LogP contribution < -0.4 is 15.7 Å². The Kier molecular flexibility index (Phi) is 7.35. The highest BCUT2D eigenvalue weighted by atomic mass is 32.2. The number of aryl methyl sites for hydroxylation is 2. The van der Waals surface area contributed by atoms with Crippen LogP contribution >= 0.6 is 11.8 Å². The zero-order valence-corrected chi connectivity index (χ0v) is 18.4. The molecular formula is C21H27NO6S. The summed E-state index contributed by atoms with van der Waals surface area (Å²) < 4.78 is 16.1. The van der Waals surface area contributed by atoms with Crippen molar-refractivity contribution in [3.63, 3.8) is 0 Å². The maximum absolute atomic E-state index is 12.7. The highest BCUT2D eigenvalue weighted by Crippen LogP contribution is 2.28. The molecule has 29 heavy (non-hydrogen) atoms. The van der Waals surface area contributed by atoms with Crippen molar-refractivity contribution in [2.75, 3.05) is 12.0 Å². The van der Waals surface area contributed by atoms with E-state index in [-0.39, 0.29) is 5.75 Å². The molecule has 0 bridgehead atoms. The lowest BCUT2D eigenvalue weighted by Crippen LogP contribution is -2.45. The van der Waals surface area contributed by atoms with E-state index in [1.165, 1.54) is 6.07 Å². The van der Waals surface area contributed by atoms with Crippen molar-refractivity contribution in [1.29, 1.82) is 0 Å². The largest absolute Gasteiger partial charge is 0.444 e. The van der Waals surface area contributed by atoms with Crippen molar-refractivity contribution in [2.45, 2.75) is 52.7 Å². The summed E-state index contributed by atoms with van der Waals surface area (Å²) in [7, 11) is 0. The third-order valence-electron chi connectivity index (χ3n) is 4.11. The summed E-state index contributed by atoms with van der Waals surface area (Å²) in [5.41, 5.74) is 0.550. The summed E-state index contributed by atoms with van der Waals surface area (Å²) in [6, 6.07) is 3.94. The minimum Gasteiger partial charge on any atom is -0.444 e. The van der Waals surface area contributed by atoms with Crippen molar-refractivity contribution < 1.29 is 23.5 Å². The molecule has 1 amide bonds. The number of esters is 1. The quantitative estimate of drug-likeness (QED) is 0.428.